The molecule has 4 nitrogen and oxygen atoms in total. The summed E-state index contributed by atoms with van der Waals surface area (Å²) >= 11 is 5.83. The van der Waals surface area contributed by atoms with Crippen molar-refractivity contribution in [3.05, 3.63) is 76.3 Å². The number of ether oxygens (including phenoxy) is 1. The Kier molecular flexibility index (Phi) is 5.65. The third kappa shape index (κ3) is 4.39. The molecule has 0 aliphatic carbocycles. The fourth-order valence-electron chi connectivity index (χ4n) is 1.90. The van der Waals surface area contributed by atoms with E-state index in [9.17, 15) is 18.4 Å². The van der Waals surface area contributed by atoms with Gasteiger partial charge in [0, 0.05) is 17.2 Å². The minimum Gasteiger partial charge on any atom is -0.444 e. The van der Waals surface area contributed by atoms with Gasteiger partial charge in [-0.05, 0) is 30.3 Å². The summed E-state index contributed by atoms with van der Waals surface area (Å²) in [5, 5.41) is 0.115. The Morgan fingerprint density at radius 1 is 1.12 bits per heavy atom. The van der Waals surface area contributed by atoms with E-state index >= 15 is 0 Å². The van der Waals surface area contributed by atoms with Crippen molar-refractivity contribution < 1.29 is 23.1 Å². The largest absolute Gasteiger partial charge is 0.444 e. The molecule has 0 heterocycles. The fraction of sp³-hybridized carbons (Fsp3) is 0.0588. The summed E-state index contributed by atoms with van der Waals surface area (Å²) in [5.74, 6) is -2.98. The molecule has 1 atom stereocenters. The van der Waals surface area contributed by atoms with Gasteiger partial charge < -0.3 is 10.5 Å². The number of carbonyl (C=O) groups is 2. The van der Waals surface area contributed by atoms with Crippen LogP contribution in [0.5, 0.6) is 0 Å². The van der Waals surface area contributed by atoms with E-state index in [1.165, 1.54) is 30.3 Å². The van der Waals surface area contributed by atoms with Crippen LogP contribution in [0.2, 0.25) is 5.02 Å². The fourth-order valence-corrected chi connectivity index (χ4v) is 2.13. The van der Waals surface area contributed by atoms with Crippen LogP contribution in [0.15, 0.2) is 48.5 Å². The Morgan fingerprint density at radius 3 is 2.38 bits per heavy atom. The highest BCUT2D eigenvalue weighted by Gasteiger charge is 2.21. The molecule has 0 saturated carbocycles. The van der Waals surface area contributed by atoms with E-state index < -0.39 is 29.6 Å². The van der Waals surface area contributed by atoms with Gasteiger partial charge in [-0.3, -0.25) is 4.79 Å². The summed E-state index contributed by atoms with van der Waals surface area (Å²) in [4.78, 5) is 23.3. The van der Waals surface area contributed by atoms with E-state index in [4.69, 9.17) is 22.1 Å². The predicted octanol–water partition coefficient (Wildman–Crippen LogP) is 3.40. The first-order valence-electron chi connectivity index (χ1n) is 6.76. The number of hydrogen-bond acceptors (Lipinski definition) is 3. The van der Waals surface area contributed by atoms with Gasteiger partial charge >= 0.3 is 5.97 Å². The third-order valence-electron chi connectivity index (χ3n) is 3.05. The molecule has 1 amide bonds. The monoisotopic (exact) mass is 351 g/mol. The molecule has 0 saturated heterocycles. The number of halogens is 3. The zero-order valence-electron chi connectivity index (χ0n) is 12.2. The number of primary amides is 1. The normalized spacial score (nSPS) is 12.1. The number of benzene rings is 2. The van der Waals surface area contributed by atoms with Gasteiger partial charge in [0.05, 0.1) is 5.02 Å². The Morgan fingerprint density at radius 2 is 1.79 bits per heavy atom. The molecular weight excluding hydrogens is 340 g/mol. The predicted molar refractivity (Wildman–Crippen MR) is 84.9 cm³/mol. The highest BCUT2D eigenvalue weighted by molar-refractivity contribution is 6.32. The summed E-state index contributed by atoms with van der Waals surface area (Å²) in [7, 11) is 0. The molecule has 2 aromatic rings. The molecule has 24 heavy (non-hydrogen) atoms. The molecule has 0 aromatic heterocycles. The molecule has 0 aliphatic heterocycles. The average Bonchev–Trinajstić information content (AvgIpc) is 2.53. The minimum absolute atomic E-state index is 0.00789. The molecule has 0 bridgehead atoms. The lowest BCUT2D eigenvalue weighted by molar-refractivity contribution is -0.150. The quantitative estimate of drug-likeness (QED) is 0.663. The number of amides is 1. The summed E-state index contributed by atoms with van der Waals surface area (Å²) in [6.07, 6.45) is 0.658. The molecule has 0 radical (unpaired) electrons. The van der Waals surface area contributed by atoms with Crippen molar-refractivity contribution in [2.75, 3.05) is 0 Å². The van der Waals surface area contributed by atoms with Crippen molar-refractivity contribution >= 4 is 29.6 Å². The zero-order valence-corrected chi connectivity index (χ0v) is 13.0. The molecule has 0 aliphatic rings. The van der Waals surface area contributed by atoms with Gasteiger partial charge in [-0.1, -0.05) is 29.8 Å². The molecule has 2 aromatic carbocycles. The van der Waals surface area contributed by atoms with Crippen molar-refractivity contribution in [3.63, 3.8) is 0 Å². The number of esters is 1. The van der Waals surface area contributed by atoms with Gasteiger partial charge in [-0.25, -0.2) is 13.6 Å². The molecule has 1 unspecified atom stereocenters. The minimum atomic E-state index is -1.39. The third-order valence-corrected chi connectivity index (χ3v) is 3.38. The lowest BCUT2D eigenvalue weighted by atomic mass is 10.1. The van der Waals surface area contributed by atoms with Gasteiger partial charge in [-0.15, -0.1) is 0 Å². The first-order chi connectivity index (χ1) is 11.4. The summed E-state index contributed by atoms with van der Waals surface area (Å²) in [6.45, 7) is 0. The van der Waals surface area contributed by atoms with Crippen molar-refractivity contribution in [2.24, 2.45) is 5.73 Å². The second kappa shape index (κ2) is 7.70. The SMILES string of the molecule is NC(=O)C(OC(=O)C=Cc1c(F)cccc1Cl)c1ccc(F)cc1. The first-order valence-corrected chi connectivity index (χ1v) is 7.14. The molecular formula is C17H12ClF2NO3. The van der Waals surface area contributed by atoms with Gasteiger partial charge in [0.2, 0.25) is 6.10 Å². The second-order valence-electron chi connectivity index (χ2n) is 4.74. The van der Waals surface area contributed by atoms with Crippen LogP contribution in [0.4, 0.5) is 8.78 Å². The number of hydrogen-bond donors (Lipinski definition) is 1. The van der Waals surface area contributed by atoms with Gasteiger partial charge in [0.1, 0.15) is 11.6 Å². The van der Waals surface area contributed by atoms with Crippen LogP contribution < -0.4 is 5.73 Å². The Balaban J connectivity index is 2.15. The van der Waals surface area contributed by atoms with Gasteiger partial charge in [0.25, 0.3) is 5.91 Å². The topological polar surface area (TPSA) is 69.4 Å². The van der Waals surface area contributed by atoms with Crippen LogP contribution in [0.25, 0.3) is 6.08 Å². The maximum atomic E-state index is 13.6. The van der Waals surface area contributed by atoms with Crippen LogP contribution >= 0.6 is 11.6 Å². The van der Waals surface area contributed by atoms with E-state index in [1.807, 2.05) is 0 Å². The maximum absolute atomic E-state index is 13.6. The summed E-state index contributed by atoms with van der Waals surface area (Å²) in [6, 6.07) is 8.82. The van der Waals surface area contributed by atoms with Gasteiger partial charge in [-0.2, -0.15) is 0 Å². The van der Waals surface area contributed by atoms with Crippen LogP contribution in [-0.2, 0) is 14.3 Å². The standard InChI is InChI=1S/C17H12ClF2NO3/c18-13-2-1-3-14(20)12(13)8-9-15(22)24-16(17(21)23)10-4-6-11(19)7-5-10/h1-9,16H,(H2,21,23). The molecule has 7 heteroatoms. The Hall–Kier alpha value is -2.73. The highest BCUT2D eigenvalue weighted by atomic mass is 35.5. The van der Waals surface area contributed by atoms with E-state index in [0.29, 0.717) is 0 Å². The van der Waals surface area contributed by atoms with E-state index in [1.54, 1.807) is 0 Å². The number of carbonyl (C=O) groups excluding carboxylic acids is 2. The van der Waals surface area contributed by atoms with Crippen LogP contribution in [0.1, 0.15) is 17.2 Å². The van der Waals surface area contributed by atoms with E-state index in [0.717, 1.165) is 24.3 Å². The van der Waals surface area contributed by atoms with E-state index in [2.05, 4.69) is 0 Å². The molecule has 2 rings (SSSR count). The van der Waals surface area contributed by atoms with Gasteiger partial charge in [0.15, 0.2) is 0 Å². The molecule has 0 spiro atoms. The molecule has 124 valence electrons. The first kappa shape index (κ1) is 17.6. The second-order valence-corrected chi connectivity index (χ2v) is 5.15. The van der Waals surface area contributed by atoms with Crippen molar-refractivity contribution in [2.45, 2.75) is 6.10 Å². The number of nitrogens with two attached hydrogens (primary N) is 1. The molecule has 2 N–H and O–H groups in total. The highest BCUT2D eigenvalue weighted by Crippen LogP contribution is 2.21. The van der Waals surface area contributed by atoms with Crippen molar-refractivity contribution in [3.8, 4) is 0 Å². The zero-order chi connectivity index (χ0) is 17.7. The van der Waals surface area contributed by atoms with E-state index in [-0.39, 0.29) is 16.1 Å². The average molecular weight is 352 g/mol. The lowest BCUT2D eigenvalue weighted by Gasteiger charge is -2.13. The Labute approximate surface area is 141 Å². The summed E-state index contributed by atoms with van der Waals surface area (Å²) < 4.78 is 31.5. The lowest BCUT2D eigenvalue weighted by Crippen LogP contribution is -2.25. The number of rotatable bonds is 5. The molecule has 0 fully saturated rings. The summed E-state index contributed by atoms with van der Waals surface area (Å²) in [5.41, 5.74) is 5.42. The Bertz CT molecular complexity index is 771. The smallest absolute Gasteiger partial charge is 0.331 e. The van der Waals surface area contributed by atoms with Crippen LogP contribution in [-0.4, -0.2) is 11.9 Å². The maximum Gasteiger partial charge on any atom is 0.331 e. The van der Waals surface area contributed by atoms with Crippen LogP contribution in [0, 0.1) is 11.6 Å². The van der Waals surface area contributed by atoms with Crippen molar-refractivity contribution in [1.29, 1.82) is 0 Å². The van der Waals surface area contributed by atoms with Crippen molar-refractivity contribution in [1.82, 2.24) is 0 Å². The van der Waals surface area contributed by atoms with Crippen LogP contribution in [0.3, 0.4) is 0 Å².